The zero-order chi connectivity index (χ0) is 16.7. The van der Waals surface area contributed by atoms with Crippen LogP contribution in [0.15, 0.2) is 48.8 Å². The number of nitrogens with zero attached hydrogens (tertiary/aromatic N) is 2. The second kappa shape index (κ2) is 8.32. The highest BCUT2D eigenvalue weighted by Crippen LogP contribution is 2.16. The molecule has 122 valence electrons. The van der Waals surface area contributed by atoms with Gasteiger partial charge in [0, 0.05) is 26.3 Å². The molecule has 0 unspecified atom stereocenters. The average molecular weight is 311 g/mol. The lowest BCUT2D eigenvalue weighted by Crippen LogP contribution is -2.26. The summed E-state index contributed by atoms with van der Waals surface area (Å²) in [6, 6.07) is 12.1. The van der Waals surface area contributed by atoms with Crippen molar-refractivity contribution < 1.29 is 4.79 Å². The fraction of sp³-hybridized carbons (Fsp3) is 0.368. The molecule has 0 saturated heterocycles. The van der Waals surface area contributed by atoms with Gasteiger partial charge in [-0.15, -0.1) is 0 Å². The molecule has 1 aromatic heterocycles. The Kier molecular flexibility index (Phi) is 6.15. The third-order valence-corrected chi connectivity index (χ3v) is 3.70. The van der Waals surface area contributed by atoms with Gasteiger partial charge in [-0.25, -0.2) is 0 Å². The van der Waals surface area contributed by atoms with Gasteiger partial charge in [0.05, 0.1) is 17.4 Å². The van der Waals surface area contributed by atoms with Gasteiger partial charge in [-0.3, -0.25) is 9.78 Å². The molecule has 0 bridgehead atoms. The van der Waals surface area contributed by atoms with E-state index in [1.807, 2.05) is 31.3 Å². The molecule has 0 spiro atoms. The van der Waals surface area contributed by atoms with E-state index in [0.717, 1.165) is 18.7 Å². The van der Waals surface area contributed by atoms with Crippen molar-refractivity contribution >= 4 is 11.6 Å². The van der Waals surface area contributed by atoms with Crippen LogP contribution in [0.4, 0.5) is 5.69 Å². The highest BCUT2D eigenvalue weighted by Gasteiger charge is 2.09. The lowest BCUT2D eigenvalue weighted by Gasteiger charge is -2.19. The molecule has 0 radical (unpaired) electrons. The molecule has 2 rings (SSSR count). The van der Waals surface area contributed by atoms with Crippen LogP contribution in [0.25, 0.3) is 0 Å². The fourth-order valence-electron chi connectivity index (χ4n) is 2.29. The number of carbonyl (C=O) groups excluding carboxylic acids is 1. The second-order valence-electron chi connectivity index (χ2n) is 6.21. The Labute approximate surface area is 138 Å². The molecule has 4 nitrogen and oxygen atoms in total. The van der Waals surface area contributed by atoms with Gasteiger partial charge in [-0.1, -0.05) is 44.2 Å². The first-order chi connectivity index (χ1) is 11.1. The molecular weight excluding hydrogens is 286 g/mol. The van der Waals surface area contributed by atoms with Crippen molar-refractivity contribution in [2.75, 3.05) is 18.5 Å². The van der Waals surface area contributed by atoms with Crippen LogP contribution in [0, 0.1) is 5.92 Å². The van der Waals surface area contributed by atoms with E-state index in [0.29, 0.717) is 18.0 Å². The molecule has 0 aliphatic rings. The zero-order valence-corrected chi connectivity index (χ0v) is 14.1. The molecule has 0 aliphatic heterocycles. The Balaban J connectivity index is 1.99. The quantitative estimate of drug-likeness (QED) is 0.851. The maximum atomic E-state index is 12.2. The summed E-state index contributed by atoms with van der Waals surface area (Å²) in [5.41, 5.74) is 2.76. The highest BCUT2D eigenvalue weighted by molar-refractivity contribution is 5.94. The van der Waals surface area contributed by atoms with Crippen molar-refractivity contribution in [2.45, 2.75) is 26.8 Å². The number of hydrogen-bond acceptors (Lipinski definition) is 3. The average Bonchev–Trinajstić information content (AvgIpc) is 2.55. The van der Waals surface area contributed by atoms with Crippen LogP contribution in [0.2, 0.25) is 0 Å². The number of aromatic nitrogens is 1. The standard InChI is InChI=1S/C19H25N3O/c1-15(2)9-10-21-19(23)17-11-18(13-20-12-17)22(3)14-16-7-5-4-6-8-16/h4-8,11-13,15H,9-10,14H2,1-3H3,(H,21,23). The van der Waals surface area contributed by atoms with Gasteiger partial charge in [0.25, 0.3) is 5.91 Å². The summed E-state index contributed by atoms with van der Waals surface area (Å²) in [4.78, 5) is 18.5. The summed E-state index contributed by atoms with van der Waals surface area (Å²) < 4.78 is 0. The lowest BCUT2D eigenvalue weighted by atomic mass is 10.1. The van der Waals surface area contributed by atoms with Crippen molar-refractivity contribution in [3.8, 4) is 0 Å². The molecule has 23 heavy (non-hydrogen) atoms. The van der Waals surface area contributed by atoms with E-state index >= 15 is 0 Å². The van der Waals surface area contributed by atoms with Crippen molar-refractivity contribution in [3.05, 3.63) is 59.9 Å². The highest BCUT2D eigenvalue weighted by atomic mass is 16.1. The van der Waals surface area contributed by atoms with Gasteiger partial charge in [-0.2, -0.15) is 0 Å². The predicted octanol–water partition coefficient (Wildman–Crippen LogP) is 3.49. The number of hydrogen-bond donors (Lipinski definition) is 1. The molecule has 0 aliphatic carbocycles. The van der Waals surface area contributed by atoms with E-state index in [1.54, 1.807) is 12.4 Å². The molecule has 1 heterocycles. The molecule has 4 heteroatoms. The van der Waals surface area contributed by atoms with Gasteiger partial charge in [0.2, 0.25) is 0 Å². The third kappa shape index (κ3) is 5.40. The molecular formula is C19H25N3O. The van der Waals surface area contributed by atoms with E-state index < -0.39 is 0 Å². The monoisotopic (exact) mass is 311 g/mol. The van der Waals surface area contributed by atoms with Crippen LogP contribution in [-0.4, -0.2) is 24.5 Å². The van der Waals surface area contributed by atoms with Gasteiger partial charge in [-0.05, 0) is 24.0 Å². The van der Waals surface area contributed by atoms with Crippen LogP contribution in [0.1, 0.15) is 36.2 Å². The van der Waals surface area contributed by atoms with Crippen LogP contribution in [0.5, 0.6) is 0 Å². The predicted molar refractivity (Wildman–Crippen MR) is 94.6 cm³/mol. The van der Waals surface area contributed by atoms with Crippen molar-refractivity contribution in [2.24, 2.45) is 5.92 Å². The minimum Gasteiger partial charge on any atom is -0.369 e. The molecule has 0 fully saturated rings. The van der Waals surface area contributed by atoms with Crippen molar-refractivity contribution in [1.82, 2.24) is 10.3 Å². The van der Waals surface area contributed by atoms with E-state index in [9.17, 15) is 4.79 Å². The van der Waals surface area contributed by atoms with Gasteiger partial charge < -0.3 is 10.2 Å². The van der Waals surface area contributed by atoms with E-state index in [2.05, 4.69) is 41.2 Å². The molecule has 1 N–H and O–H groups in total. The second-order valence-corrected chi connectivity index (χ2v) is 6.21. The summed E-state index contributed by atoms with van der Waals surface area (Å²) >= 11 is 0. The van der Waals surface area contributed by atoms with E-state index in [4.69, 9.17) is 0 Å². The summed E-state index contributed by atoms with van der Waals surface area (Å²) in [5.74, 6) is 0.518. The molecule has 2 aromatic rings. The zero-order valence-electron chi connectivity index (χ0n) is 14.1. The molecule has 1 amide bonds. The molecule has 1 aromatic carbocycles. The Morgan fingerprint density at radius 3 is 2.65 bits per heavy atom. The smallest absolute Gasteiger partial charge is 0.252 e. The van der Waals surface area contributed by atoms with Gasteiger partial charge in [0.1, 0.15) is 0 Å². The summed E-state index contributed by atoms with van der Waals surface area (Å²) in [6.07, 6.45) is 4.38. The Bertz CT molecular complexity index is 626. The third-order valence-electron chi connectivity index (χ3n) is 3.70. The first-order valence-corrected chi connectivity index (χ1v) is 8.04. The Hall–Kier alpha value is -2.36. The van der Waals surface area contributed by atoms with Gasteiger partial charge in [0.15, 0.2) is 0 Å². The minimum atomic E-state index is -0.0619. The largest absolute Gasteiger partial charge is 0.369 e. The first-order valence-electron chi connectivity index (χ1n) is 8.04. The minimum absolute atomic E-state index is 0.0619. The number of anilines is 1. The molecule has 0 atom stereocenters. The lowest BCUT2D eigenvalue weighted by molar-refractivity contribution is 0.0951. The summed E-state index contributed by atoms with van der Waals surface area (Å²) in [7, 11) is 2.00. The van der Waals surface area contributed by atoms with Crippen LogP contribution < -0.4 is 10.2 Å². The van der Waals surface area contributed by atoms with Crippen molar-refractivity contribution in [3.63, 3.8) is 0 Å². The van der Waals surface area contributed by atoms with Crippen LogP contribution in [-0.2, 0) is 6.54 Å². The maximum absolute atomic E-state index is 12.2. The van der Waals surface area contributed by atoms with Crippen LogP contribution >= 0.6 is 0 Å². The SMILES string of the molecule is CC(C)CCNC(=O)c1cncc(N(C)Cc2ccccc2)c1. The molecule has 0 saturated carbocycles. The van der Waals surface area contributed by atoms with Crippen molar-refractivity contribution in [1.29, 1.82) is 0 Å². The Morgan fingerprint density at radius 1 is 1.22 bits per heavy atom. The normalized spacial score (nSPS) is 10.6. The fourth-order valence-corrected chi connectivity index (χ4v) is 2.29. The van der Waals surface area contributed by atoms with Crippen LogP contribution in [0.3, 0.4) is 0 Å². The number of rotatable bonds is 7. The first kappa shape index (κ1) is 17.0. The van der Waals surface area contributed by atoms with E-state index in [-0.39, 0.29) is 5.91 Å². The van der Waals surface area contributed by atoms with Gasteiger partial charge >= 0.3 is 0 Å². The number of nitrogens with one attached hydrogen (secondary N) is 1. The number of benzene rings is 1. The maximum Gasteiger partial charge on any atom is 0.252 e. The number of pyridine rings is 1. The topological polar surface area (TPSA) is 45.2 Å². The summed E-state index contributed by atoms with van der Waals surface area (Å²) in [5, 5.41) is 2.95. The summed E-state index contributed by atoms with van der Waals surface area (Å²) in [6.45, 7) is 5.77. The number of amides is 1. The Morgan fingerprint density at radius 2 is 1.96 bits per heavy atom. The van der Waals surface area contributed by atoms with E-state index in [1.165, 1.54) is 5.56 Å². The number of carbonyl (C=O) groups is 1.